The van der Waals surface area contributed by atoms with Crippen LogP contribution in [0.25, 0.3) is 11.1 Å². The van der Waals surface area contributed by atoms with Crippen molar-refractivity contribution in [2.75, 3.05) is 26.9 Å². The van der Waals surface area contributed by atoms with E-state index in [1.54, 1.807) is 18.2 Å². The van der Waals surface area contributed by atoms with Crippen LogP contribution in [0.4, 0.5) is 0 Å². The molecule has 1 atom stereocenters. The fourth-order valence-corrected chi connectivity index (χ4v) is 6.56. The normalized spacial score (nSPS) is 15.8. The highest BCUT2D eigenvalue weighted by Crippen LogP contribution is 2.38. The predicted octanol–water partition coefficient (Wildman–Crippen LogP) is 7.39. The SMILES string of the molecule is COc1ccc(C(=O)O)cc1COc1cc(OCc2cccc(-c3ccc4c(c3)OCCO4)c2C)c(Cl)cc1CN1CCCCC1C(=O)O. The van der Waals surface area contributed by atoms with Crippen molar-refractivity contribution < 1.29 is 43.5 Å². The molecule has 0 bridgehead atoms. The van der Waals surface area contributed by atoms with Gasteiger partial charge in [-0.05, 0) is 85.0 Å². The van der Waals surface area contributed by atoms with Gasteiger partial charge in [-0.1, -0.05) is 42.3 Å². The third-order valence-electron chi connectivity index (χ3n) is 8.98. The van der Waals surface area contributed by atoms with Gasteiger partial charge in [0.15, 0.2) is 11.5 Å². The summed E-state index contributed by atoms with van der Waals surface area (Å²) in [6.45, 7) is 4.23. The predicted molar refractivity (Wildman–Crippen MR) is 183 cm³/mol. The zero-order valence-electron chi connectivity index (χ0n) is 27.4. The zero-order chi connectivity index (χ0) is 34.5. The van der Waals surface area contributed by atoms with Crippen molar-refractivity contribution in [1.82, 2.24) is 4.90 Å². The molecule has 6 rings (SSSR count). The molecule has 2 heterocycles. The first-order valence-electron chi connectivity index (χ1n) is 16.2. The average molecular weight is 688 g/mol. The average Bonchev–Trinajstić information content (AvgIpc) is 3.11. The number of hydrogen-bond acceptors (Lipinski definition) is 8. The summed E-state index contributed by atoms with van der Waals surface area (Å²) in [6, 6.07) is 19.4. The lowest BCUT2D eigenvalue weighted by molar-refractivity contribution is -0.144. The Morgan fingerprint density at radius 2 is 1.63 bits per heavy atom. The van der Waals surface area contributed by atoms with Gasteiger partial charge in [-0.3, -0.25) is 9.69 Å². The maximum atomic E-state index is 12.1. The van der Waals surface area contributed by atoms with Gasteiger partial charge in [0.05, 0.1) is 17.7 Å². The van der Waals surface area contributed by atoms with E-state index in [1.807, 2.05) is 42.2 Å². The van der Waals surface area contributed by atoms with E-state index in [4.69, 9.17) is 35.3 Å². The molecule has 11 heteroatoms. The van der Waals surface area contributed by atoms with Gasteiger partial charge in [0.2, 0.25) is 0 Å². The van der Waals surface area contributed by atoms with Crippen LogP contribution in [0.5, 0.6) is 28.7 Å². The van der Waals surface area contributed by atoms with Crippen LogP contribution in [0, 0.1) is 6.92 Å². The number of likely N-dealkylation sites (tertiary alicyclic amines) is 1. The molecule has 0 aromatic heterocycles. The topological polar surface area (TPSA) is 124 Å². The highest BCUT2D eigenvalue weighted by molar-refractivity contribution is 6.32. The summed E-state index contributed by atoms with van der Waals surface area (Å²) in [6.07, 6.45) is 2.29. The van der Waals surface area contributed by atoms with E-state index in [-0.39, 0.29) is 18.8 Å². The molecular weight excluding hydrogens is 650 g/mol. The second-order valence-corrected chi connectivity index (χ2v) is 12.5. The van der Waals surface area contributed by atoms with Crippen LogP contribution in [0.1, 0.15) is 51.9 Å². The van der Waals surface area contributed by atoms with Crippen LogP contribution in [-0.4, -0.2) is 60.0 Å². The molecule has 0 spiro atoms. The minimum absolute atomic E-state index is 0.00257. The van der Waals surface area contributed by atoms with Crippen molar-refractivity contribution in [3.63, 3.8) is 0 Å². The molecule has 4 aromatic carbocycles. The molecule has 2 aliphatic heterocycles. The van der Waals surface area contributed by atoms with Crippen LogP contribution in [-0.2, 0) is 24.6 Å². The van der Waals surface area contributed by atoms with E-state index in [0.717, 1.165) is 46.6 Å². The number of aromatic carboxylic acids is 1. The van der Waals surface area contributed by atoms with Crippen molar-refractivity contribution in [2.24, 2.45) is 0 Å². The number of carbonyl (C=O) groups is 2. The minimum Gasteiger partial charge on any atom is -0.496 e. The smallest absolute Gasteiger partial charge is 0.335 e. The molecular formula is C38H38ClNO9. The van der Waals surface area contributed by atoms with Crippen LogP contribution in [0.2, 0.25) is 5.02 Å². The van der Waals surface area contributed by atoms with Gasteiger partial charge in [-0.15, -0.1) is 0 Å². The Balaban J connectivity index is 1.28. The Morgan fingerprint density at radius 3 is 2.41 bits per heavy atom. The monoisotopic (exact) mass is 687 g/mol. The number of carboxylic acids is 2. The summed E-state index contributed by atoms with van der Waals surface area (Å²) in [5.41, 5.74) is 5.37. The molecule has 2 aliphatic rings. The Hall–Kier alpha value is -4.93. The standard InChI is InChI=1S/C38H38ClNO9/c1-23-26(6-5-7-29(23)24-9-12-33-36(18-24)47-15-14-46-33)21-49-35-19-34(48-22-28-16-25(37(41)42)10-11-32(28)45-2)27(17-30(35)39)20-40-13-4-3-8-31(40)38(43)44/h5-7,9-12,16-19,31H,3-4,8,13-15,20-22H2,1-2H3,(H,41,42)(H,43,44). The van der Waals surface area contributed by atoms with E-state index < -0.39 is 18.0 Å². The van der Waals surface area contributed by atoms with E-state index in [1.165, 1.54) is 19.2 Å². The number of nitrogens with zero attached hydrogens (tertiary/aromatic N) is 1. The quantitative estimate of drug-likeness (QED) is 0.156. The number of hydrogen-bond donors (Lipinski definition) is 2. The molecule has 4 aromatic rings. The zero-order valence-corrected chi connectivity index (χ0v) is 28.1. The minimum atomic E-state index is -1.06. The molecule has 0 amide bonds. The van der Waals surface area contributed by atoms with E-state index in [0.29, 0.717) is 66.1 Å². The van der Waals surface area contributed by atoms with Gasteiger partial charge in [-0.2, -0.15) is 0 Å². The van der Waals surface area contributed by atoms with Crippen LogP contribution < -0.4 is 23.7 Å². The van der Waals surface area contributed by atoms with Gasteiger partial charge in [0.1, 0.15) is 49.7 Å². The maximum Gasteiger partial charge on any atom is 0.335 e. The third-order valence-corrected chi connectivity index (χ3v) is 9.28. The van der Waals surface area contributed by atoms with Gasteiger partial charge in [-0.25, -0.2) is 4.79 Å². The molecule has 2 N–H and O–H groups in total. The van der Waals surface area contributed by atoms with Gasteiger partial charge < -0.3 is 33.9 Å². The molecule has 256 valence electrons. The van der Waals surface area contributed by atoms with Gasteiger partial charge in [0.25, 0.3) is 0 Å². The first-order chi connectivity index (χ1) is 23.7. The summed E-state index contributed by atoms with van der Waals surface area (Å²) in [7, 11) is 1.51. The number of methoxy groups -OCH3 is 1. The number of ether oxygens (including phenoxy) is 5. The molecule has 0 aliphatic carbocycles. The lowest BCUT2D eigenvalue weighted by Crippen LogP contribution is -2.44. The summed E-state index contributed by atoms with van der Waals surface area (Å²) >= 11 is 6.81. The Kier molecular flexibility index (Phi) is 10.5. The molecule has 1 saturated heterocycles. The van der Waals surface area contributed by atoms with Crippen molar-refractivity contribution in [3.8, 4) is 39.9 Å². The summed E-state index contributed by atoms with van der Waals surface area (Å²) in [5, 5.41) is 19.8. The van der Waals surface area contributed by atoms with Crippen molar-refractivity contribution in [2.45, 2.75) is 52.0 Å². The molecule has 0 saturated carbocycles. The second-order valence-electron chi connectivity index (χ2n) is 12.1. The first-order valence-corrected chi connectivity index (χ1v) is 16.5. The fraction of sp³-hybridized carbons (Fsp3) is 0.316. The highest BCUT2D eigenvalue weighted by Gasteiger charge is 2.29. The van der Waals surface area contributed by atoms with E-state index in [9.17, 15) is 19.8 Å². The van der Waals surface area contributed by atoms with Crippen molar-refractivity contribution in [1.29, 1.82) is 0 Å². The lowest BCUT2D eigenvalue weighted by Gasteiger charge is -2.33. The van der Waals surface area contributed by atoms with Crippen LogP contribution in [0.15, 0.2) is 66.7 Å². The van der Waals surface area contributed by atoms with Crippen molar-refractivity contribution in [3.05, 3.63) is 99.6 Å². The van der Waals surface area contributed by atoms with Crippen molar-refractivity contribution >= 4 is 23.5 Å². The highest BCUT2D eigenvalue weighted by atomic mass is 35.5. The maximum absolute atomic E-state index is 12.1. The molecule has 1 unspecified atom stereocenters. The van der Waals surface area contributed by atoms with Crippen LogP contribution >= 0.6 is 11.6 Å². The Labute approximate surface area is 289 Å². The summed E-state index contributed by atoms with van der Waals surface area (Å²) in [5.74, 6) is 0.836. The lowest BCUT2D eigenvalue weighted by atomic mass is 9.96. The van der Waals surface area contributed by atoms with Gasteiger partial charge in [0, 0.05) is 23.7 Å². The number of piperidine rings is 1. The second kappa shape index (κ2) is 15.1. The van der Waals surface area contributed by atoms with Gasteiger partial charge >= 0.3 is 11.9 Å². The molecule has 0 radical (unpaired) electrons. The number of aliphatic carboxylic acids is 1. The number of fused-ring (bicyclic) bond motifs is 1. The summed E-state index contributed by atoms with van der Waals surface area (Å²) in [4.78, 5) is 25.6. The molecule has 10 nitrogen and oxygen atoms in total. The number of halogens is 1. The number of rotatable bonds is 12. The molecule has 49 heavy (non-hydrogen) atoms. The number of carboxylic acid groups (broad SMARTS) is 2. The largest absolute Gasteiger partial charge is 0.496 e. The van der Waals surface area contributed by atoms with Crippen LogP contribution in [0.3, 0.4) is 0 Å². The Morgan fingerprint density at radius 1 is 0.857 bits per heavy atom. The van der Waals surface area contributed by atoms with E-state index >= 15 is 0 Å². The van der Waals surface area contributed by atoms with E-state index in [2.05, 4.69) is 6.07 Å². The Bertz CT molecular complexity index is 1860. The molecule has 1 fully saturated rings. The number of benzene rings is 4. The third kappa shape index (κ3) is 7.71. The first kappa shape index (κ1) is 34.0. The fourth-order valence-electron chi connectivity index (χ4n) is 6.32. The summed E-state index contributed by atoms with van der Waals surface area (Å²) < 4.78 is 29.6.